The molecule has 0 saturated heterocycles. The van der Waals surface area contributed by atoms with E-state index in [9.17, 15) is 0 Å². The van der Waals surface area contributed by atoms with E-state index in [1.807, 2.05) is 53.1 Å². The Kier molecular flexibility index (Phi) is 3.48. The van der Waals surface area contributed by atoms with Crippen LogP contribution in [0.1, 0.15) is 5.89 Å². The number of aromatic amines is 1. The number of rotatable bonds is 3. The standard InChI is InChI=1S/C16H11ClN4OS/c17-11-7-5-10(6-8-11)15-18-12-3-1-2-4-13(12)21(15)9-14-19-20-16(23)22-14/h1-8H,9H2,(H,20,23). The topological polar surface area (TPSA) is 59.6 Å². The summed E-state index contributed by atoms with van der Waals surface area (Å²) in [5, 5.41) is 7.41. The summed E-state index contributed by atoms with van der Waals surface area (Å²) in [6.07, 6.45) is 0. The molecule has 114 valence electrons. The van der Waals surface area contributed by atoms with Gasteiger partial charge in [-0.3, -0.25) is 0 Å². The van der Waals surface area contributed by atoms with Gasteiger partial charge in [0.1, 0.15) is 12.4 Å². The lowest BCUT2D eigenvalue weighted by molar-refractivity contribution is 0.469. The number of nitrogens with one attached hydrogen (secondary N) is 1. The number of H-pyrrole nitrogens is 1. The average molecular weight is 343 g/mol. The summed E-state index contributed by atoms with van der Waals surface area (Å²) in [5.74, 6) is 1.33. The van der Waals surface area contributed by atoms with E-state index in [1.54, 1.807) is 0 Å². The number of halogens is 1. The molecule has 0 aliphatic heterocycles. The van der Waals surface area contributed by atoms with E-state index in [2.05, 4.69) is 10.2 Å². The smallest absolute Gasteiger partial charge is 0.284 e. The molecule has 2 heterocycles. The summed E-state index contributed by atoms with van der Waals surface area (Å²) >= 11 is 10.9. The van der Waals surface area contributed by atoms with Crippen molar-refractivity contribution >= 4 is 34.9 Å². The lowest BCUT2D eigenvalue weighted by Gasteiger charge is -2.07. The zero-order chi connectivity index (χ0) is 15.8. The van der Waals surface area contributed by atoms with Gasteiger partial charge in [0.25, 0.3) is 4.84 Å². The van der Waals surface area contributed by atoms with Crippen LogP contribution >= 0.6 is 23.8 Å². The van der Waals surface area contributed by atoms with Crippen molar-refractivity contribution in [2.75, 3.05) is 0 Å². The maximum atomic E-state index is 5.98. The zero-order valence-corrected chi connectivity index (χ0v) is 13.4. The van der Waals surface area contributed by atoms with Gasteiger partial charge in [-0.25, -0.2) is 10.1 Å². The molecule has 0 saturated carbocycles. The summed E-state index contributed by atoms with van der Waals surface area (Å²) in [6.45, 7) is 0.436. The summed E-state index contributed by atoms with van der Waals surface area (Å²) < 4.78 is 7.44. The Morgan fingerprint density at radius 1 is 1.13 bits per heavy atom. The molecule has 0 aliphatic carbocycles. The number of benzene rings is 2. The van der Waals surface area contributed by atoms with Gasteiger partial charge in [-0.05, 0) is 48.6 Å². The van der Waals surface area contributed by atoms with Crippen molar-refractivity contribution in [2.24, 2.45) is 0 Å². The molecule has 0 spiro atoms. The van der Waals surface area contributed by atoms with Crippen LogP contribution in [0.2, 0.25) is 5.02 Å². The second-order valence-corrected chi connectivity index (χ2v) is 5.83. The second-order valence-electron chi connectivity index (χ2n) is 5.02. The van der Waals surface area contributed by atoms with Crippen LogP contribution in [0.4, 0.5) is 0 Å². The molecule has 0 amide bonds. The van der Waals surface area contributed by atoms with Crippen LogP contribution in [0.15, 0.2) is 52.9 Å². The number of aromatic nitrogens is 4. The van der Waals surface area contributed by atoms with Crippen LogP contribution in [-0.2, 0) is 6.54 Å². The fourth-order valence-electron chi connectivity index (χ4n) is 2.52. The highest BCUT2D eigenvalue weighted by Crippen LogP contribution is 2.26. The van der Waals surface area contributed by atoms with E-state index in [0.29, 0.717) is 17.5 Å². The first kappa shape index (κ1) is 14.2. The predicted molar refractivity (Wildman–Crippen MR) is 91.0 cm³/mol. The lowest BCUT2D eigenvalue weighted by Crippen LogP contribution is -2.02. The molecule has 0 atom stereocenters. The summed E-state index contributed by atoms with van der Waals surface area (Å²) in [6, 6.07) is 15.5. The molecule has 23 heavy (non-hydrogen) atoms. The molecule has 5 nitrogen and oxygen atoms in total. The number of hydrogen-bond donors (Lipinski definition) is 1. The maximum absolute atomic E-state index is 5.98. The minimum atomic E-state index is 0.262. The van der Waals surface area contributed by atoms with Crippen LogP contribution in [0.3, 0.4) is 0 Å². The van der Waals surface area contributed by atoms with Gasteiger partial charge >= 0.3 is 0 Å². The first-order valence-electron chi connectivity index (χ1n) is 6.96. The highest BCUT2D eigenvalue weighted by molar-refractivity contribution is 7.71. The summed E-state index contributed by atoms with van der Waals surface area (Å²) in [7, 11) is 0. The van der Waals surface area contributed by atoms with Crippen LogP contribution in [-0.4, -0.2) is 19.7 Å². The summed E-state index contributed by atoms with van der Waals surface area (Å²) in [4.78, 5) is 4.99. The Morgan fingerprint density at radius 2 is 1.91 bits per heavy atom. The van der Waals surface area contributed by atoms with Crippen LogP contribution < -0.4 is 0 Å². The lowest BCUT2D eigenvalue weighted by atomic mass is 10.2. The van der Waals surface area contributed by atoms with Gasteiger partial charge in [-0.2, -0.15) is 0 Å². The minimum absolute atomic E-state index is 0.262. The third kappa shape index (κ3) is 2.67. The second kappa shape index (κ2) is 5.64. The molecule has 0 radical (unpaired) electrons. The van der Waals surface area contributed by atoms with Gasteiger partial charge in [-0.15, -0.1) is 5.10 Å². The predicted octanol–water partition coefficient (Wildman–Crippen LogP) is 4.45. The molecule has 4 rings (SSSR count). The van der Waals surface area contributed by atoms with Crippen molar-refractivity contribution < 1.29 is 4.42 Å². The van der Waals surface area contributed by atoms with Gasteiger partial charge in [0, 0.05) is 10.6 Å². The van der Waals surface area contributed by atoms with E-state index in [1.165, 1.54) is 0 Å². The van der Waals surface area contributed by atoms with Gasteiger partial charge in [-0.1, -0.05) is 23.7 Å². The normalized spacial score (nSPS) is 11.2. The Morgan fingerprint density at radius 3 is 2.65 bits per heavy atom. The van der Waals surface area contributed by atoms with Crippen molar-refractivity contribution in [1.82, 2.24) is 19.7 Å². The highest BCUT2D eigenvalue weighted by Gasteiger charge is 2.14. The first-order chi connectivity index (χ1) is 11.2. The van der Waals surface area contributed by atoms with E-state index >= 15 is 0 Å². The first-order valence-corrected chi connectivity index (χ1v) is 7.75. The minimum Gasteiger partial charge on any atom is -0.412 e. The third-order valence-electron chi connectivity index (χ3n) is 3.53. The molecular formula is C16H11ClN4OS. The fourth-order valence-corrected chi connectivity index (χ4v) is 2.79. The van der Waals surface area contributed by atoms with E-state index in [4.69, 9.17) is 33.2 Å². The number of hydrogen-bond acceptors (Lipinski definition) is 4. The summed E-state index contributed by atoms with van der Waals surface area (Å²) in [5.41, 5.74) is 2.88. The number of nitrogens with zero attached hydrogens (tertiary/aromatic N) is 3. The molecule has 4 aromatic rings. The van der Waals surface area contributed by atoms with Gasteiger partial charge in [0.2, 0.25) is 5.89 Å². The number of fused-ring (bicyclic) bond motifs is 1. The van der Waals surface area contributed by atoms with Crippen molar-refractivity contribution in [3.63, 3.8) is 0 Å². The van der Waals surface area contributed by atoms with E-state index < -0.39 is 0 Å². The van der Waals surface area contributed by atoms with Crippen LogP contribution in [0.5, 0.6) is 0 Å². The molecule has 0 fully saturated rings. The van der Waals surface area contributed by atoms with Crippen molar-refractivity contribution in [3.05, 3.63) is 64.3 Å². The molecule has 0 aliphatic rings. The highest BCUT2D eigenvalue weighted by atomic mass is 35.5. The quantitative estimate of drug-likeness (QED) is 0.559. The molecule has 0 bridgehead atoms. The Hall–Kier alpha value is -2.44. The molecule has 2 aromatic heterocycles. The van der Waals surface area contributed by atoms with E-state index in [-0.39, 0.29) is 4.84 Å². The van der Waals surface area contributed by atoms with Gasteiger partial charge in [0.15, 0.2) is 0 Å². The molecule has 1 N–H and O–H groups in total. The Labute approximate surface area is 141 Å². The zero-order valence-electron chi connectivity index (χ0n) is 11.9. The monoisotopic (exact) mass is 342 g/mol. The number of para-hydroxylation sites is 2. The third-order valence-corrected chi connectivity index (χ3v) is 3.96. The van der Waals surface area contributed by atoms with Crippen molar-refractivity contribution in [3.8, 4) is 11.4 Å². The Balaban J connectivity index is 1.90. The molecule has 2 aromatic carbocycles. The number of imidazole rings is 1. The largest absolute Gasteiger partial charge is 0.412 e. The Bertz CT molecular complexity index is 1030. The molecule has 0 unspecified atom stereocenters. The van der Waals surface area contributed by atoms with Gasteiger partial charge in [0.05, 0.1) is 11.0 Å². The SMILES string of the molecule is S=c1[nH]nc(Cn2c(-c3ccc(Cl)cc3)nc3ccccc32)o1. The molecule has 7 heteroatoms. The fraction of sp³-hybridized carbons (Fsp3) is 0.0625. The average Bonchev–Trinajstić information content (AvgIpc) is 3.13. The van der Waals surface area contributed by atoms with Gasteiger partial charge < -0.3 is 8.98 Å². The van der Waals surface area contributed by atoms with Crippen molar-refractivity contribution in [2.45, 2.75) is 6.54 Å². The van der Waals surface area contributed by atoms with Crippen LogP contribution in [0.25, 0.3) is 22.4 Å². The van der Waals surface area contributed by atoms with Crippen molar-refractivity contribution in [1.29, 1.82) is 0 Å². The van der Waals surface area contributed by atoms with Crippen LogP contribution in [0, 0.1) is 4.84 Å². The maximum Gasteiger partial charge on any atom is 0.284 e. The van der Waals surface area contributed by atoms with E-state index in [0.717, 1.165) is 22.4 Å². The molecular weight excluding hydrogens is 332 g/mol.